The predicted octanol–water partition coefficient (Wildman–Crippen LogP) is 8.80. The summed E-state index contributed by atoms with van der Waals surface area (Å²) in [5, 5.41) is 7.56. The summed E-state index contributed by atoms with van der Waals surface area (Å²) in [6, 6.07) is 22.5. The van der Waals surface area contributed by atoms with E-state index in [4.69, 9.17) is 20.8 Å². The van der Waals surface area contributed by atoms with Gasteiger partial charge in [-0.15, -0.1) is 16.5 Å². The van der Waals surface area contributed by atoms with Crippen LogP contribution < -0.4 is 15.0 Å². The number of para-hydroxylation sites is 1. The van der Waals surface area contributed by atoms with Crippen LogP contribution in [-0.2, 0) is 18.3 Å². The second-order valence-electron chi connectivity index (χ2n) is 12.9. The number of aromatic nitrogens is 1. The summed E-state index contributed by atoms with van der Waals surface area (Å²) in [6.07, 6.45) is 5.04. The lowest BCUT2D eigenvalue weighted by molar-refractivity contribution is -0.115. The molecule has 0 bridgehead atoms. The third kappa shape index (κ3) is 5.67. The van der Waals surface area contributed by atoms with Crippen molar-refractivity contribution in [3.8, 4) is 5.75 Å². The Labute approximate surface area is 297 Å². The lowest BCUT2D eigenvalue weighted by atomic mass is 9.91. The van der Waals surface area contributed by atoms with Gasteiger partial charge in [0.05, 0.1) is 16.8 Å². The van der Waals surface area contributed by atoms with E-state index in [0.29, 0.717) is 53.5 Å². The highest BCUT2D eigenvalue weighted by molar-refractivity contribution is 6.19. The van der Waals surface area contributed by atoms with Gasteiger partial charge in [-0.2, -0.15) is 0 Å². The molecular weight excluding hydrogens is 668 g/mol. The van der Waals surface area contributed by atoms with E-state index in [-0.39, 0.29) is 34.7 Å². The van der Waals surface area contributed by atoms with Gasteiger partial charge in [0.2, 0.25) is 0 Å². The molecule has 0 saturated carbocycles. The monoisotopic (exact) mass is 698 g/mol. The van der Waals surface area contributed by atoms with E-state index in [0.717, 1.165) is 38.5 Å². The highest BCUT2D eigenvalue weighted by atomic mass is 35.5. The number of nitrogens with one attached hydrogen (secondary N) is 1. The van der Waals surface area contributed by atoms with Gasteiger partial charge in [-0.1, -0.05) is 24.3 Å². The highest BCUT2D eigenvalue weighted by Crippen LogP contribution is 2.48. The van der Waals surface area contributed by atoms with Crippen molar-refractivity contribution < 1.29 is 23.5 Å². The normalized spacial score (nSPS) is 15.0. The largest absolute Gasteiger partial charge is 0.451 e. The number of benzene rings is 4. The number of carbonyl (C=O) groups is 3. The first-order valence-electron chi connectivity index (χ1n) is 16.5. The molecule has 0 saturated heterocycles. The van der Waals surface area contributed by atoms with Crippen molar-refractivity contribution in [3.05, 3.63) is 129 Å². The SMILES string of the molecule is Cc1cn(C)c2c(OC(=O)c3ccc(N=O)cc3)cc3c(c12)C(CCl)CN3C(=O)C1=Cc2cc(NC(=O)c3cc4ccccc4o3)ccc2CC1. The first-order chi connectivity index (χ1) is 24.7. The maximum Gasteiger partial charge on any atom is 0.343 e. The number of esters is 1. The minimum absolute atomic E-state index is 0.140. The standard InChI is InChI=1S/C40H31ClN4O6/c1-22-20-44(2)37-33(51-40(48)24-10-12-29(43-49)13-11-24)18-31-36(35(22)37)28(19-41)21-45(31)39(47)26-8-7-23-9-14-30(16-27(23)15-26)42-38(46)34-17-25-5-3-4-6-32(25)50-34/h3-6,9-18,20,28H,7-8,19,21H2,1-2H3,(H,42,46). The van der Waals surface area contributed by atoms with Gasteiger partial charge in [-0.3, -0.25) is 9.59 Å². The fourth-order valence-electron chi connectivity index (χ4n) is 7.27. The number of halogens is 1. The van der Waals surface area contributed by atoms with Gasteiger partial charge in [0.15, 0.2) is 11.5 Å². The molecule has 254 valence electrons. The number of nitrogens with zero attached hydrogens (tertiary/aromatic N) is 3. The molecule has 2 amide bonds. The van der Waals surface area contributed by atoms with E-state index in [1.165, 1.54) is 24.3 Å². The van der Waals surface area contributed by atoms with E-state index >= 15 is 0 Å². The summed E-state index contributed by atoms with van der Waals surface area (Å²) >= 11 is 6.56. The molecule has 1 unspecified atom stereocenters. The maximum atomic E-state index is 14.4. The first-order valence-corrected chi connectivity index (χ1v) is 17.0. The van der Waals surface area contributed by atoms with Crippen molar-refractivity contribution in [3.63, 3.8) is 0 Å². The third-order valence-corrected chi connectivity index (χ3v) is 10.1. The van der Waals surface area contributed by atoms with Gasteiger partial charge in [-0.05, 0) is 102 Å². The number of nitroso groups, excluding NO2 is 1. The molecule has 6 aromatic rings. The summed E-state index contributed by atoms with van der Waals surface area (Å²) in [6.45, 7) is 2.36. The zero-order valence-electron chi connectivity index (χ0n) is 27.7. The number of ether oxygens (including phenoxy) is 1. The summed E-state index contributed by atoms with van der Waals surface area (Å²) in [7, 11) is 1.88. The predicted molar refractivity (Wildman–Crippen MR) is 197 cm³/mol. The number of rotatable bonds is 7. The van der Waals surface area contributed by atoms with Crippen LogP contribution in [0.2, 0.25) is 0 Å². The number of hydrogen-bond donors (Lipinski definition) is 1. The lowest BCUT2D eigenvalue weighted by Gasteiger charge is -2.23. The lowest BCUT2D eigenvalue weighted by Crippen LogP contribution is -2.32. The number of anilines is 2. The summed E-state index contributed by atoms with van der Waals surface area (Å²) in [5.41, 5.74) is 7.50. The van der Waals surface area contributed by atoms with Gasteiger partial charge in [0, 0.05) is 59.7 Å². The second kappa shape index (κ2) is 12.7. The van der Waals surface area contributed by atoms with Crippen LogP contribution >= 0.6 is 11.6 Å². The molecule has 0 fully saturated rings. The number of amides is 2. The number of hydrogen-bond acceptors (Lipinski definition) is 7. The Kier molecular flexibility index (Phi) is 8.03. The Hall–Kier alpha value is -6.00. The average Bonchev–Trinajstić information content (AvgIpc) is 3.84. The fraction of sp³-hybridized carbons (Fsp3) is 0.175. The maximum absolute atomic E-state index is 14.4. The third-order valence-electron chi connectivity index (χ3n) is 9.68. The molecule has 1 aliphatic carbocycles. The molecule has 1 atom stereocenters. The Morgan fingerprint density at radius 2 is 1.82 bits per heavy atom. The van der Waals surface area contributed by atoms with Gasteiger partial charge in [0.1, 0.15) is 11.3 Å². The quantitative estimate of drug-likeness (QED) is 0.0769. The van der Waals surface area contributed by atoms with Crippen LogP contribution in [0.4, 0.5) is 17.1 Å². The Morgan fingerprint density at radius 1 is 1.02 bits per heavy atom. The Balaban J connectivity index is 1.11. The van der Waals surface area contributed by atoms with Crippen molar-refractivity contribution >= 4 is 74.4 Å². The van der Waals surface area contributed by atoms with Crippen LogP contribution in [0.25, 0.3) is 27.9 Å². The average molecular weight is 699 g/mol. The van der Waals surface area contributed by atoms with Crippen molar-refractivity contribution in [2.75, 3.05) is 22.6 Å². The topological polar surface area (TPSA) is 123 Å². The van der Waals surface area contributed by atoms with Crippen LogP contribution in [0.15, 0.2) is 100 Å². The zero-order chi connectivity index (χ0) is 35.4. The smallest absolute Gasteiger partial charge is 0.343 e. The van der Waals surface area contributed by atoms with Crippen molar-refractivity contribution in [2.24, 2.45) is 12.2 Å². The molecule has 10 nitrogen and oxygen atoms in total. The molecule has 0 radical (unpaired) electrons. The van der Waals surface area contributed by atoms with Crippen LogP contribution in [0.3, 0.4) is 0 Å². The molecule has 2 aromatic heterocycles. The number of carbonyl (C=O) groups excluding carboxylic acids is 3. The van der Waals surface area contributed by atoms with E-state index in [1.807, 2.05) is 73.3 Å². The zero-order valence-corrected chi connectivity index (χ0v) is 28.5. The molecule has 1 aliphatic heterocycles. The van der Waals surface area contributed by atoms with Crippen LogP contribution in [0.5, 0.6) is 5.75 Å². The van der Waals surface area contributed by atoms with Gasteiger partial charge in [-0.25, -0.2) is 4.79 Å². The Bertz CT molecular complexity index is 2430. The molecule has 2 aliphatic rings. The molecule has 3 heterocycles. The van der Waals surface area contributed by atoms with Crippen molar-refractivity contribution in [1.29, 1.82) is 0 Å². The summed E-state index contributed by atoms with van der Waals surface area (Å²) < 4.78 is 13.6. The highest BCUT2D eigenvalue weighted by Gasteiger charge is 2.37. The molecular formula is C40H31ClN4O6. The molecule has 4 aromatic carbocycles. The molecule has 51 heavy (non-hydrogen) atoms. The minimum atomic E-state index is -0.605. The number of fused-ring (bicyclic) bond motifs is 5. The van der Waals surface area contributed by atoms with E-state index < -0.39 is 5.97 Å². The number of alkyl halides is 1. The van der Waals surface area contributed by atoms with Gasteiger partial charge in [0.25, 0.3) is 11.8 Å². The number of aryl methyl sites for hydroxylation is 3. The number of furan rings is 1. The van der Waals surface area contributed by atoms with E-state index in [1.54, 1.807) is 17.0 Å². The molecule has 8 rings (SSSR count). The first kappa shape index (κ1) is 32.2. The van der Waals surface area contributed by atoms with Crippen LogP contribution in [-0.4, -0.2) is 34.8 Å². The van der Waals surface area contributed by atoms with Crippen molar-refractivity contribution in [1.82, 2.24) is 4.57 Å². The van der Waals surface area contributed by atoms with Crippen LogP contribution in [0, 0.1) is 11.8 Å². The molecule has 11 heteroatoms. The fourth-order valence-corrected chi connectivity index (χ4v) is 7.52. The van der Waals surface area contributed by atoms with E-state index in [9.17, 15) is 19.3 Å². The Morgan fingerprint density at radius 3 is 2.59 bits per heavy atom. The van der Waals surface area contributed by atoms with Crippen LogP contribution in [0.1, 0.15) is 55.5 Å². The molecule has 0 spiro atoms. The van der Waals surface area contributed by atoms with Gasteiger partial charge >= 0.3 is 5.97 Å². The van der Waals surface area contributed by atoms with E-state index in [2.05, 4.69) is 10.5 Å². The summed E-state index contributed by atoms with van der Waals surface area (Å²) in [4.78, 5) is 53.4. The minimum Gasteiger partial charge on any atom is -0.451 e. The second-order valence-corrected chi connectivity index (χ2v) is 13.2. The summed E-state index contributed by atoms with van der Waals surface area (Å²) in [5.74, 6) is -0.450. The van der Waals surface area contributed by atoms with Crippen molar-refractivity contribution in [2.45, 2.75) is 25.7 Å². The molecule has 1 N–H and O–H groups in total. The van der Waals surface area contributed by atoms with Gasteiger partial charge < -0.3 is 23.9 Å².